The summed E-state index contributed by atoms with van der Waals surface area (Å²) in [6.07, 6.45) is 5.18. The number of fused-ring (bicyclic) bond motifs is 3. The topological polar surface area (TPSA) is 161 Å². The highest BCUT2D eigenvalue weighted by Crippen LogP contribution is 2.55. The number of aliphatic hydroxyl groups is 3. The average molecular weight is 495 g/mol. The van der Waals surface area contributed by atoms with Crippen molar-refractivity contribution in [3.05, 3.63) is 45.7 Å². The summed E-state index contributed by atoms with van der Waals surface area (Å²) in [7, 11) is 0. The molecule has 6 rings (SSSR count). The van der Waals surface area contributed by atoms with E-state index < -0.39 is 58.0 Å². The van der Waals surface area contributed by atoms with Gasteiger partial charge in [0, 0.05) is 11.5 Å². The molecule has 190 valence electrons. The second kappa shape index (κ2) is 7.91. The van der Waals surface area contributed by atoms with E-state index in [0.717, 1.165) is 43.2 Å². The highest BCUT2D eigenvalue weighted by Gasteiger charge is 2.64. The standard InChI is InChI=1S/C27H30N2O7/c28-26(35)20-23(32)21(29-8-2-1-3-9-29)16-11-13-10-15-14(12-4-5-12)6-7-17(30)19(15)22(31)18(13)24(33)27(16,36)25(20)34/h6-7,12-13,16,21,30-31,34,36H,1-5,8-11H2,(H2,28,35). The predicted octanol–water partition coefficient (Wildman–Crippen LogP) is 1.77. The van der Waals surface area contributed by atoms with Gasteiger partial charge in [-0.2, -0.15) is 0 Å². The number of carbonyl (C=O) groups is 3. The lowest BCUT2D eigenvalue weighted by molar-refractivity contribution is -0.155. The van der Waals surface area contributed by atoms with Crippen LogP contribution in [-0.2, 0) is 20.8 Å². The summed E-state index contributed by atoms with van der Waals surface area (Å²) in [5.41, 5.74) is 4.02. The lowest BCUT2D eigenvalue weighted by Gasteiger charge is -2.51. The number of aliphatic hydroxyl groups excluding tert-OH is 2. The Kier molecular flexibility index (Phi) is 5.11. The summed E-state index contributed by atoms with van der Waals surface area (Å²) in [6, 6.07) is 2.37. The second-order valence-corrected chi connectivity index (χ2v) is 10.9. The molecule has 4 unspecified atom stereocenters. The Balaban J connectivity index is 1.54. The van der Waals surface area contributed by atoms with Crippen LogP contribution in [0, 0.1) is 11.8 Å². The molecule has 3 fully saturated rings. The number of ketones is 2. The molecule has 0 bridgehead atoms. The minimum Gasteiger partial charge on any atom is -0.508 e. The van der Waals surface area contributed by atoms with Crippen molar-refractivity contribution in [1.29, 1.82) is 0 Å². The largest absolute Gasteiger partial charge is 0.508 e. The SMILES string of the molecule is NC(=O)C1=C(O)C2(O)C(=O)C3=C(O)c4c(O)ccc(C5CC5)c4CC3CC2C(N2CCCCC2)C1=O. The van der Waals surface area contributed by atoms with Gasteiger partial charge < -0.3 is 26.2 Å². The highest BCUT2D eigenvalue weighted by atomic mass is 16.3. The quantitative estimate of drug-likeness (QED) is 0.397. The van der Waals surface area contributed by atoms with Crippen molar-refractivity contribution in [2.24, 2.45) is 17.6 Å². The Bertz CT molecular complexity index is 1270. The zero-order valence-electron chi connectivity index (χ0n) is 19.9. The molecule has 0 spiro atoms. The van der Waals surface area contributed by atoms with E-state index in [1.165, 1.54) is 6.07 Å². The number of likely N-dealkylation sites (tertiary alicyclic amines) is 1. The molecule has 1 aromatic carbocycles. The molecule has 5 aliphatic rings. The third-order valence-electron chi connectivity index (χ3n) is 8.89. The number of aromatic hydroxyl groups is 1. The number of hydrogen-bond donors (Lipinski definition) is 5. The van der Waals surface area contributed by atoms with Gasteiger partial charge in [0.15, 0.2) is 11.4 Å². The Morgan fingerprint density at radius 1 is 1.03 bits per heavy atom. The number of Topliss-reactive ketones (excluding diaryl/α,β-unsaturated/α-hetero) is 2. The summed E-state index contributed by atoms with van der Waals surface area (Å²) in [5.74, 6) is -5.64. The number of benzene rings is 1. The van der Waals surface area contributed by atoms with Gasteiger partial charge in [0.2, 0.25) is 5.78 Å². The van der Waals surface area contributed by atoms with E-state index in [1.807, 2.05) is 11.0 Å². The fraction of sp³-hybridized carbons (Fsp3) is 0.519. The normalized spacial score (nSPS) is 32.8. The van der Waals surface area contributed by atoms with Crippen LogP contribution >= 0.6 is 0 Å². The maximum atomic E-state index is 14.0. The Hall–Kier alpha value is -3.17. The molecule has 4 aliphatic carbocycles. The van der Waals surface area contributed by atoms with Gasteiger partial charge in [-0.25, -0.2) is 0 Å². The lowest BCUT2D eigenvalue weighted by Crippen LogP contribution is -2.67. The second-order valence-electron chi connectivity index (χ2n) is 10.9. The van der Waals surface area contributed by atoms with E-state index in [4.69, 9.17) is 5.73 Å². The maximum Gasteiger partial charge on any atom is 0.255 e. The number of carbonyl (C=O) groups excluding carboxylic acids is 3. The summed E-state index contributed by atoms with van der Waals surface area (Å²) in [6.45, 7) is 1.12. The first-order valence-corrected chi connectivity index (χ1v) is 12.7. The fourth-order valence-corrected chi connectivity index (χ4v) is 7.07. The van der Waals surface area contributed by atoms with E-state index in [0.29, 0.717) is 25.4 Å². The van der Waals surface area contributed by atoms with Crippen LogP contribution in [0.5, 0.6) is 5.75 Å². The van der Waals surface area contributed by atoms with Crippen LogP contribution in [0.3, 0.4) is 0 Å². The predicted molar refractivity (Wildman–Crippen MR) is 128 cm³/mol. The summed E-state index contributed by atoms with van der Waals surface area (Å²) in [4.78, 5) is 41.6. The van der Waals surface area contributed by atoms with Crippen molar-refractivity contribution < 1.29 is 34.8 Å². The van der Waals surface area contributed by atoms with E-state index in [2.05, 4.69) is 0 Å². The Morgan fingerprint density at radius 2 is 1.72 bits per heavy atom. The van der Waals surface area contributed by atoms with Crippen LogP contribution in [0.1, 0.15) is 61.1 Å². The molecular formula is C27H30N2O7. The van der Waals surface area contributed by atoms with Crippen molar-refractivity contribution in [2.75, 3.05) is 13.1 Å². The number of phenolic OH excluding ortho intramolecular Hbond substituents is 1. The molecule has 1 heterocycles. The zero-order valence-corrected chi connectivity index (χ0v) is 19.9. The van der Waals surface area contributed by atoms with Crippen molar-refractivity contribution >= 4 is 23.2 Å². The van der Waals surface area contributed by atoms with Gasteiger partial charge in [0.05, 0.1) is 11.6 Å². The van der Waals surface area contributed by atoms with Gasteiger partial charge in [-0.05, 0) is 80.6 Å². The molecule has 2 saturated carbocycles. The fourth-order valence-electron chi connectivity index (χ4n) is 7.07. The third-order valence-corrected chi connectivity index (χ3v) is 8.89. The summed E-state index contributed by atoms with van der Waals surface area (Å²) < 4.78 is 0. The number of phenols is 1. The number of rotatable bonds is 3. The van der Waals surface area contributed by atoms with Crippen LogP contribution in [0.15, 0.2) is 29.0 Å². The van der Waals surface area contributed by atoms with E-state index in [-0.39, 0.29) is 23.3 Å². The molecule has 1 aliphatic heterocycles. The first kappa shape index (κ1) is 23.2. The number of piperidine rings is 1. The van der Waals surface area contributed by atoms with Crippen LogP contribution in [0.4, 0.5) is 0 Å². The maximum absolute atomic E-state index is 14.0. The molecule has 0 aromatic heterocycles. The van der Waals surface area contributed by atoms with Gasteiger partial charge in [-0.1, -0.05) is 12.5 Å². The number of nitrogens with two attached hydrogens (primary N) is 1. The van der Waals surface area contributed by atoms with Crippen molar-refractivity contribution in [1.82, 2.24) is 4.90 Å². The number of nitrogens with zero attached hydrogens (tertiary/aromatic N) is 1. The number of amides is 1. The summed E-state index contributed by atoms with van der Waals surface area (Å²) in [5, 5.41) is 44.7. The monoisotopic (exact) mass is 494 g/mol. The van der Waals surface area contributed by atoms with E-state index in [1.54, 1.807) is 0 Å². The summed E-state index contributed by atoms with van der Waals surface area (Å²) >= 11 is 0. The molecule has 9 heteroatoms. The first-order valence-electron chi connectivity index (χ1n) is 12.7. The molecule has 1 aromatic rings. The van der Waals surface area contributed by atoms with Crippen molar-refractivity contribution in [3.63, 3.8) is 0 Å². The smallest absolute Gasteiger partial charge is 0.255 e. The lowest BCUT2D eigenvalue weighted by atomic mass is 9.57. The van der Waals surface area contributed by atoms with Crippen LogP contribution in [0.25, 0.3) is 5.76 Å². The molecule has 4 atom stereocenters. The van der Waals surface area contributed by atoms with E-state index in [9.17, 15) is 34.8 Å². The van der Waals surface area contributed by atoms with E-state index >= 15 is 0 Å². The first-order chi connectivity index (χ1) is 17.2. The van der Waals surface area contributed by atoms with Crippen LogP contribution in [-0.4, -0.2) is 67.5 Å². The van der Waals surface area contributed by atoms with Crippen molar-refractivity contribution in [3.8, 4) is 5.75 Å². The molecule has 9 nitrogen and oxygen atoms in total. The average Bonchev–Trinajstić information content (AvgIpc) is 3.67. The van der Waals surface area contributed by atoms with Gasteiger partial charge in [-0.3, -0.25) is 19.3 Å². The van der Waals surface area contributed by atoms with Gasteiger partial charge in [0.25, 0.3) is 5.91 Å². The molecule has 36 heavy (non-hydrogen) atoms. The van der Waals surface area contributed by atoms with Crippen LogP contribution < -0.4 is 5.73 Å². The van der Waals surface area contributed by atoms with Crippen molar-refractivity contribution in [2.45, 2.75) is 62.5 Å². The molecule has 0 radical (unpaired) electrons. The molecule has 1 saturated heterocycles. The number of primary amides is 1. The minimum absolute atomic E-state index is 0.0911. The van der Waals surface area contributed by atoms with Gasteiger partial charge >= 0.3 is 0 Å². The molecule has 6 N–H and O–H groups in total. The van der Waals surface area contributed by atoms with Crippen LogP contribution in [0.2, 0.25) is 0 Å². The molecular weight excluding hydrogens is 464 g/mol. The molecule has 1 amide bonds. The Morgan fingerprint density at radius 3 is 2.36 bits per heavy atom. The minimum atomic E-state index is -2.58. The zero-order chi connectivity index (χ0) is 25.5. The Labute approximate surface area is 207 Å². The van der Waals surface area contributed by atoms with Gasteiger partial charge in [0.1, 0.15) is 22.8 Å². The third kappa shape index (κ3) is 3.05. The highest BCUT2D eigenvalue weighted by molar-refractivity contribution is 6.24. The van der Waals surface area contributed by atoms with Gasteiger partial charge in [-0.15, -0.1) is 0 Å². The number of hydrogen-bond acceptors (Lipinski definition) is 8.